The number of para-hydroxylation sites is 2. The predicted octanol–water partition coefficient (Wildman–Crippen LogP) is 15.7. The fraction of sp³-hybridized carbons (Fsp3) is 0. The summed E-state index contributed by atoms with van der Waals surface area (Å²) < 4.78 is 92.1. The standard InChI is InChI=1S/C52H30F6N2/c53-39-9-5-7-31(23-39)33-19-21-45(57)49(29-33)59(47-13-3-1-11-43(47)55)41-25-35-15-17-37-27-42(28-38-18-16-36(26-41)51(35)52(37)38)60(48-14-4-2-12-44(48)56)50-30-34(20-22-46(50)58)32-8-6-10-40(54)24-32/h1-30H. The van der Waals surface area contributed by atoms with Gasteiger partial charge in [0.2, 0.25) is 0 Å². The van der Waals surface area contributed by atoms with Crippen LogP contribution in [0.5, 0.6) is 0 Å². The van der Waals surface area contributed by atoms with E-state index in [-0.39, 0.29) is 22.7 Å². The van der Waals surface area contributed by atoms with Crippen molar-refractivity contribution < 1.29 is 26.3 Å². The van der Waals surface area contributed by atoms with Crippen molar-refractivity contribution in [3.05, 3.63) is 217 Å². The number of nitrogens with zero attached hydrogens (tertiary/aromatic N) is 2. The Morgan fingerprint density at radius 2 is 0.617 bits per heavy atom. The van der Waals surface area contributed by atoms with Gasteiger partial charge in [0.1, 0.15) is 34.9 Å². The van der Waals surface area contributed by atoms with Crippen molar-refractivity contribution in [2.45, 2.75) is 0 Å². The van der Waals surface area contributed by atoms with Crippen LogP contribution in [0.25, 0.3) is 54.6 Å². The number of anilines is 6. The van der Waals surface area contributed by atoms with Crippen LogP contribution in [-0.4, -0.2) is 0 Å². The summed E-state index contributed by atoms with van der Waals surface area (Å²) in [6.45, 7) is 0. The zero-order valence-electron chi connectivity index (χ0n) is 31.5. The van der Waals surface area contributed by atoms with Crippen LogP contribution in [0.15, 0.2) is 182 Å². The zero-order valence-corrected chi connectivity index (χ0v) is 31.5. The normalized spacial score (nSPS) is 11.5. The molecule has 0 aliphatic rings. The molecule has 0 aromatic heterocycles. The maximum absolute atomic E-state index is 16.0. The van der Waals surface area contributed by atoms with E-state index in [0.29, 0.717) is 33.6 Å². The molecule has 290 valence electrons. The predicted molar refractivity (Wildman–Crippen MR) is 230 cm³/mol. The fourth-order valence-corrected chi connectivity index (χ4v) is 8.21. The van der Waals surface area contributed by atoms with Crippen molar-refractivity contribution in [2.75, 3.05) is 9.80 Å². The van der Waals surface area contributed by atoms with Crippen molar-refractivity contribution in [2.24, 2.45) is 0 Å². The van der Waals surface area contributed by atoms with Crippen LogP contribution in [0.2, 0.25) is 0 Å². The molecule has 0 aliphatic heterocycles. The molecule has 0 saturated heterocycles. The Bertz CT molecular complexity index is 2990. The summed E-state index contributed by atoms with van der Waals surface area (Å²) in [5.41, 5.74) is 3.52. The number of halogens is 6. The Balaban J connectivity index is 1.14. The third kappa shape index (κ3) is 6.43. The SMILES string of the molecule is Fc1cccc(-c2ccc(F)c(N(c3cc4ccc5cc(N(c6ccccc6F)c6cc(-c7cccc(F)c7)ccc6F)cc6ccc(c3)c4c56)c3ccccc3F)c2)c1. The number of rotatable bonds is 8. The van der Waals surface area contributed by atoms with Crippen molar-refractivity contribution in [1.29, 1.82) is 0 Å². The second-order valence-electron chi connectivity index (χ2n) is 14.6. The highest BCUT2D eigenvalue weighted by Crippen LogP contribution is 2.46. The van der Waals surface area contributed by atoms with E-state index in [0.717, 1.165) is 32.3 Å². The molecule has 0 unspecified atom stereocenters. The molecule has 0 fully saturated rings. The summed E-state index contributed by atoms with van der Waals surface area (Å²) in [6.07, 6.45) is 0. The molecule has 8 heteroatoms. The number of hydrogen-bond acceptors (Lipinski definition) is 2. The highest BCUT2D eigenvalue weighted by atomic mass is 19.1. The van der Waals surface area contributed by atoms with Crippen molar-refractivity contribution >= 4 is 66.4 Å². The van der Waals surface area contributed by atoms with Crippen LogP contribution in [0.1, 0.15) is 0 Å². The van der Waals surface area contributed by atoms with Crippen molar-refractivity contribution in [1.82, 2.24) is 0 Å². The summed E-state index contributed by atoms with van der Waals surface area (Å²) in [5, 5.41) is 4.93. The van der Waals surface area contributed by atoms with Gasteiger partial charge in [0.15, 0.2) is 0 Å². The molecule has 0 bridgehead atoms. The average molecular weight is 797 g/mol. The van der Waals surface area contributed by atoms with Gasteiger partial charge in [-0.3, -0.25) is 0 Å². The highest BCUT2D eigenvalue weighted by molar-refractivity contribution is 6.24. The van der Waals surface area contributed by atoms with Crippen LogP contribution in [0.3, 0.4) is 0 Å². The molecule has 10 aromatic rings. The quantitative estimate of drug-likeness (QED) is 0.112. The van der Waals surface area contributed by atoms with Gasteiger partial charge in [0, 0.05) is 11.4 Å². The van der Waals surface area contributed by atoms with Gasteiger partial charge in [-0.1, -0.05) is 84.9 Å². The molecule has 0 N–H and O–H groups in total. The molecular formula is C52H30F6N2. The van der Waals surface area contributed by atoms with Gasteiger partial charge >= 0.3 is 0 Å². The summed E-state index contributed by atoms with van der Waals surface area (Å²) in [6, 6.07) is 48.2. The van der Waals surface area contributed by atoms with Crippen LogP contribution < -0.4 is 9.80 Å². The van der Waals surface area contributed by atoms with Crippen LogP contribution in [-0.2, 0) is 0 Å². The molecule has 10 rings (SSSR count). The third-order valence-corrected chi connectivity index (χ3v) is 10.9. The molecule has 10 aromatic carbocycles. The minimum Gasteiger partial charge on any atom is -0.305 e. The van der Waals surface area contributed by atoms with Gasteiger partial charge in [-0.2, -0.15) is 0 Å². The van der Waals surface area contributed by atoms with E-state index in [1.54, 1.807) is 84.9 Å². The van der Waals surface area contributed by atoms with Gasteiger partial charge in [0.05, 0.1) is 22.7 Å². The second-order valence-corrected chi connectivity index (χ2v) is 14.6. The van der Waals surface area contributed by atoms with Crippen LogP contribution >= 0.6 is 0 Å². The Labute approximate surface area is 340 Å². The van der Waals surface area contributed by atoms with Crippen LogP contribution in [0, 0.1) is 34.9 Å². The van der Waals surface area contributed by atoms with Gasteiger partial charge in [-0.15, -0.1) is 0 Å². The monoisotopic (exact) mass is 796 g/mol. The molecule has 0 atom stereocenters. The third-order valence-electron chi connectivity index (χ3n) is 10.9. The average Bonchev–Trinajstić information content (AvgIpc) is 3.25. The molecular weight excluding hydrogens is 767 g/mol. The highest BCUT2D eigenvalue weighted by Gasteiger charge is 2.25. The maximum Gasteiger partial charge on any atom is 0.147 e. The van der Waals surface area contributed by atoms with Crippen molar-refractivity contribution in [3.8, 4) is 22.3 Å². The largest absolute Gasteiger partial charge is 0.305 e. The summed E-state index contributed by atoms with van der Waals surface area (Å²) in [5.74, 6) is -3.22. The molecule has 0 heterocycles. The lowest BCUT2D eigenvalue weighted by molar-refractivity contribution is 0.619. The molecule has 2 nitrogen and oxygen atoms in total. The lowest BCUT2D eigenvalue weighted by Crippen LogP contribution is -2.14. The molecule has 0 radical (unpaired) electrons. The molecule has 0 aliphatic carbocycles. The van der Waals surface area contributed by atoms with Gasteiger partial charge in [-0.05, 0) is 152 Å². The molecule has 60 heavy (non-hydrogen) atoms. The smallest absolute Gasteiger partial charge is 0.147 e. The van der Waals surface area contributed by atoms with E-state index in [2.05, 4.69) is 0 Å². The second kappa shape index (κ2) is 14.7. The Kier molecular flexibility index (Phi) is 8.98. The maximum atomic E-state index is 16.0. The molecule has 0 saturated carbocycles. The number of benzene rings is 10. The minimum absolute atomic E-state index is 0.0706. The lowest BCUT2D eigenvalue weighted by Gasteiger charge is -2.28. The summed E-state index contributed by atoms with van der Waals surface area (Å²) >= 11 is 0. The first kappa shape index (κ1) is 36.7. The lowest BCUT2D eigenvalue weighted by atomic mass is 9.92. The first-order valence-electron chi connectivity index (χ1n) is 19.1. The van der Waals surface area contributed by atoms with E-state index in [9.17, 15) is 8.78 Å². The first-order chi connectivity index (χ1) is 29.2. The van der Waals surface area contributed by atoms with Gasteiger partial charge < -0.3 is 9.80 Å². The van der Waals surface area contributed by atoms with E-state index in [4.69, 9.17) is 0 Å². The van der Waals surface area contributed by atoms with Crippen molar-refractivity contribution in [3.63, 3.8) is 0 Å². The summed E-state index contributed by atoms with van der Waals surface area (Å²) in [4.78, 5) is 3.05. The Morgan fingerprint density at radius 3 is 0.983 bits per heavy atom. The topological polar surface area (TPSA) is 6.48 Å². The number of hydrogen-bond donors (Lipinski definition) is 0. The zero-order chi connectivity index (χ0) is 41.1. The minimum atomic E-state index is -0.603. The fourth-order valence-electron chi connectivity index (χ4n) is 8.21. The van der Waals surface area contributed by atoms with Gasteiger partial charge in [0.25, 0.3) is 0 Å². The van der Waals surface area contributed by atoms with Crippen LogP contribution in [0.4, 0.5) is 60.5 Å². The molecule has 0 spiro atoms. The van der Waals surface area contributed by atoms with E-state index in [1.807, 2.05) is 48.5 Å². The molecule has 0 amide bonds. The first-order valence-corrected chi connectivity index (χ1v) is 19.1. The summed E-state index contributed by atoms with van der Waals surface area (Å²) in [7, 11) is 0. The van der Waals surface area contributed by atoms with E-state index < -0.39 is 34.9 Å². The Morgan fingerprint density at radius 1 is 0.267 bits per heavy atom. The Hall–Kier alpha value is -7.58. The van der Waals surface area contributed by atoms with E-state index in [1.165, 1.54) is 58.3 Å². The van der Waals surface area contributed by atoms with E-state index >= 15 is 17.6 Å². The van der Waals surface area contributed by atoms with Gasteiger partial charge in [-0.25, -0.2) is 26.3 Å².